The smallest absolute Gasteiger partial charge is 0.273 e. The first-order chi connectivity index (χ1) is 6.70. The highest BCUT2D eigenvalue weighted by molar-refractivity contribution is 5.92. The van der Waals surface area contributed by atoms with Crippen molar-refractivity contribution in [3.8, 4) is 0 Å². The summed E-state index contributed by atoms with van der Waals surface area (Å²) < 4.78 is 0. The number of hydrogen-bond acceptors (Lipinski definition) is 4. The quantitative estimate of drug-likeness (QED) is 0.721. The Bertz CT molecular complexity index is 287. The van der Waals surface area contributed by atoms with Gasteiger partial charge in [0.2, 0.25) is 0 Å². The molecule has 0 aliphatic carbocycles. The van der Waals surface area contributed by atoms with Crippen LogP contribution in [0.25, 0.3) is 0 Å². The van der Waals surface area contributed by atoms with E-state index in [0.717, 1.165) is 0 Å². The molecule has 0 fully saturated rings. The van der Waals surface area contributed by atoms with Crippen molar-refractivity contribution in [2.75, 3.05) is 6.61 Å². The van der Waals surface area contributed by atoms with Crippen LogP contribution in [0.2, 0.25) is 0 Å². The Hall–Kier alpha value is -1.49. The van der Waals surface area contributed by atoms with Gasteiger partial charge in [0.25, 0.3) is 5.91 Å². The summed E-state index contributed by atoms with van der Waals surface area (Å²) in [5, 5.41) is 0. The van der Waals surface area contributed by atoms with E-state index < -0.39 is 0 Å². The van der Waals surface area contributed by atoms with E-state index in [1.807, 2.05) is 13.8 Å². The van der Waals surface area contributed by atoms with Gasteiger partial charge < -0.3 is 0 Å². The Labute approximate surface area is 82.5 Å². The van der Waals surface area contributed by atoms with Gasteiger partial charge in [-0.1, -0.05) is 13.8 Å². The zero-order chi connectivity index (χ0) is 10.4. The molecule has 0 saturated carbocycles. The summed E-state index contributed by atoms with van der Waals surface area (Å²) in [6.07, 6.45) is 4.23. The van der Waals surface area contributed by atoms with Crippen LogP contribution in [0, 0.1) is 5.92 Å². The maximum Gasteiger partial charge on any atom is 0.277 e. The van der Waals surface area contributed by atoms with Gasteiger partial charge in [-0.05, 0) is 5.92 Å². The molecule has 1 aromatic heterocycles. The van der Waals surface area contributed by atoms with E-state index in [9.17, 15) is 4.79 Å². The van der Waals surface area contributed by atoms with Crippen molar-refractivity contribution in [1.82, 2.24) is 15.4 Å². The summed E-state index contributed by atoms with van der Waals surface area (Å²) in [6.45, 7) is 4.48. The van der Waals surface area contributed by atoms with E-state index in [0.29, 0.717) is 18.1 Å². The Morgan fingerprint density at radius 2 is 2.14 bits per heavy atom. The lowest BCUT2D eigenvalue weighted by atomic mass is 10.2. The van der Waals surface area contributed by atoms with E-state index >= 15 is 0 Å². The molecule has 0 bridgehead atoms. The summed E-state index contributed by atoms with van der Waals surface area (Å²) in [6, 6.07) is 0. The fourth-order valence-corrected chi connectivity index (χ4v) is 0.749. The van der Waals surface area contributed by atoms with E-state index in [4.69, 9.17) is 4.84 Å². The van der Waals surface area contributed by atoms with Crippen molar-refractivity contribution in [1.29, 1.82) is 0 Å². The molecule has 5 nitrogen and oxygen atoms in total. The molecule has 0 atom stereocenters. The monoisotopic (exact) mass is 195 g/mol. The molecule has 1 aromatic rings. The summed E-state index contributed by atoms with van der Waals surface area (Å²) in [4.78, 5) is 23.7. The molecule has 0 aliphatic heterocycles. The Morgan fingerprint density at radius 1 is 1.50 bits per heavy atom. The number of amides is 1. The number of rotatable bonds is 4. The SMILES string of the molecule is CC(C)CONC(=O)c1cncnc1. The van der Waals surface area contributed by atoms with Crippen LogP contribution in [0.5, 0.6) is 0 Å². The summed E-state index contributed by atoms with van der Waals surface area (Å²) in [7, 11) is 0. The zero-order valence-electron chi connectivity index (χ0n) is 8.23. The molecular formula is C9H13N3O2. The highest BCUT2D eigenvalue weighted by atomic mass is 16.6. The van der Waals surface area contributed by atoms with Gasteiger partial charge >= 0.3 is 0 Å². The number of carbonyl (C=O) groups excluding carboxylic acids is 1. The Morgan fingerprint density at radius 3 is 2.71 bits per heavy atom. The number of hydrogen-bond donors (Lipinski definition) is 1. The molecule has 1 heterocycles. The van der Waals surface area contributed by atoms with Crippen LogP contribution >= 0.6 is 0 Å². The van der Waals surface area contributed by atoms with Gasteiger partial charge in [0, 0.05) is 12.4 Å². The zero-order valence-corrected chi connectivity index (χ0v) is 8.23. The van der Waals surface area contributed by atoms with Crippen LogP contribution in [0.4, 0.5) is 0 Å². The van der Waals surface area contributed by atoms with Gasteiger partial charge in [-0.3, -0.25) is 9.63 Å². The average Bonchev–Trinajstić information content (AvgIpc) is 2.18. The fraction of sp³-hybridized carbons (Fsp3) is 0.444. The second-order valence-electron chi connectivity index (χ2n) is 3.26. The normalized spacial score (nSPS) is 10.2. The molecule has 76 valence electrons. The molecule has 14 heavy (non-hydrogen) atoms. The molecule has 0 radical (unpaired) electrons. The lowest BCUT2D eigenvalue weighted by molar-refractivity contribution is 0.0208. The van der Waals surface area contributed by atoms with Crippen molar-refractivity contribution < 1.29 is 9.63 Å². The van der Waals surface area contributed by atoms with Gasteiger partial charge in [-0.25, -0.2) is 15.4 Å². The maximum absolute atomic E-state index is 11.3. The average molecular weight is 195 g/mol. The van der Waals surface area contributed by atoms with Crippen molar-refractivity contribution >= 4 is 5.91 Å². The molecule has 0 unspecified atom stereocenters. The van der Waals surface area contributed by atoms with Gasteiger partial charge in [-0.15, -0.1) is 0 Å². The Balaban J connectivity index is 2.36. The van der Waals surface area contributed by atoms with Gasteiger partial charge in [0.05, 0.1) is 12.2 Å². The Kier molecular flexibility index (Phi) is 4.00. The van der Waals surface area contributed by atoms with Crippen LogP contribution in [0.1, 0.15) is 24.2 Å². The lowest BCUT2D eigenvalue weighted by Crippen LogP contribution is -2.25. The summed E-state index contributed by atoms with van der Waals surface area (Å²) >= 11 is 0. The summed E-state index contributed by atoms with van der Waals surface area (Å²) in [5.74, 6) is 0.0496. The third kappa shape index (κ3) is 3.49. The van der Waals surface area contributed by atoms with Crippen LogP contribution in [0.15, 0.2) is 18.7 Å². The molecule has 5 heteroatoms. The van der Waals surface area contributed by atoms with Crippen LogP contribution < -0.4 is 5.48 Å². The standard InChI is InChI=1S/C9H13N3O2/c1-7(2)5-14-12-9(13)8-3-10-6-11-4-8/h3-4,6-7H,5H2,1-2H3,(H,12,13). The van der Waals surface area contributed by atoms with Crippen molar-refractivity contribution in [3.05, 3.63) is 24.3 Å². The predicted octanol–water partition coefficient (Wildman–Crippen LogP) is 0.794. The molecule has 0 aliphatic rings. The minimum Gasteiger partial charge on any atom is -0.273 e. The molecule has 1 amide bonds. The predicted molar refractivity (Wildman–Crippen MR) is 50.3 cm³/mol. The fourth-order valence-electron chi connectivity index (χ4n) is 0.749. The number of aromatic nitrogens is 2. The van der Waals surface area contributed by atoms with E-state index in [1.54, 1.807) is 0 Å². The molecule has 0 saturated heterocycles. The van der Waals surface area contributed by atoms with Crippen molar-refractivity contribution in [3.63, 3.8) is 0 Å². The number of nitrogens with zero attached hydrogens (tertiary/aromatic N) is 2. The highest BCUT2D eigenvalue weighted by Crippen LogP contribution is 1.94. The minimum absolute atomic E-state index is 0.328. The molecular weight excluding hydrogens is 182 g/mol. The van der Waals surface area contributed by atoms with Crippen molar-refractivity contribution in [2.24, 2.45) is 5.92 Å². The van der Waals surface area contributed by atoms with Crippen LogP contribution in [-0.2, 0) is 4.84 Å². The molecule has 0 spiro atoms. The number of nitrogens with one attached hydrogen (secondary N) is 1. The van der Waals surface area contributed by atoms with E-state index in [1.165, 1.54) is 18.7 Å². The molecule has 1 rings (SSSR count). The lowest BCUT2D eigenvalue weighted by Gasteiger charge is -2.06. The summed E-state index contributed by atoms with van der Waals surface area (Å²) in [5.41, 5.74) is 2.70. The highest BCUT2D eigenvalue weighted by Gasteiger charge is 2.05. The van der Waals surface area contributed by atoms with Crippen molar-refractivity contribution in [2.45, 2.75) is 13.8 Å². The second kappa shape index (κ2) is 5.29. The first kappa shape index (κ1) is 10.6. The maximum atomic E-state index is 11.3. The van der Waals surface area contributed by atoms with Gasteiger partial charge in [-0.2, -0.15) is 0 Å². The molecule has 0 aromatic carbocycles. The van der Waals surface area contributed by atoms with Gasteiger partial charge in [0.1, 0.15) is 6.33 Å². The number of carbonyl (C=O) groups is 1. The van der Waals surface area contributed by atoms with Crippen LogP contribution in [-0.4, -0.2) is 22.5 Å². The largest absolute Gasteiger partial charge is 0.277 e. The van der Waals surface area contributed by atoms with E-state index in [-0.39, 0.29) is 5.91 Å². The third-order valence-electron chi connectivity index (χ3n) is 1.40. The minimum atomic E-state index is -0.328. The second-order valence-corrected chi connectivity index (χ2v) is 3.26. The van der Waals surface area contributed by atoms with E-state index in [2.05, 4.69) is 15.4 Å². The first-order valence-corrected chi connectivity index (χ1v) is 4.37. The van der Waals surface area contributed by atoms with Gasteiger partial charge in [0.15, 0.2) is 0 Å². The number of hydroxylamine groups is 1. The van der Waals surface area contributed by atoms with Crippen LogP contribution in [0.3, 0.4) is 0 Å². The topological polar surface area (TPSA) is 64.1 Å². The molecule has 1 N–H and O–H groups in total. The third-order valence-corrected chi connectivity index (χ3v) is 1.40. The first-order valence-electron chi connectivity index (χ1n) is 4.37.